The molecule has 8 nitrogen and oxygen atoms in total. The third-order valence-electron chi connectivity index (χ3n) is 4.36. The van der Waals surface area contributed by atoms with Crippen molar-refractivity contribution in [1.29, 1.82) is 0 Å². The van der Waals surface area contributed by atoms with E-state index in [9.17, 15) is 9.59 Å². The molecule has 1 saturated heterocycles. The summed E-state index contributed by atoms with van der Waals surface area (Å²) in [5.41, 5.74) is 2.98. The summed E-state index contributed by atoms with van der Waals surface area (Å²) >= 11 is 0. The molecule has 132 valence electrons. The molecule has 0 aliphatic carbocycles. The van der Waals surface area contributed by atoms with E-state index in [4.69, 9.17) is 15.3 Å². The van der Waals surface area contributed by atoms with Crippen LogP contribution < -0.4 is 20.7 Å². The van der Waals surface area contributed by atoms with Gasteiger partial charge < -0.3 is 14.4 Å². The largest absolute Gasteiger partial charge is 0.493 e. The van der Waals surface area contributed by atoms with E-state index in [0.29, 0.717) is 37.7 Å². The van der Waals surface area contributed by atoms with E-state index < -0.39 is 11.8 Å². The fourth-order valence-corrected chi connectivity index (χ4v) is 2.84. The second-order valence-corrected chi connectivity index (χ2v) is 5.59. The Hall–Kier alpha value is -2.32. The van der Waals surface area contributed by atoms with Crippen molar-refractivity contribution in [3.63, 3.8) is 0 Å². The van der Waals surface area contributed by atoms with Crippen LogP contribution >= 0.6 is 0 Å². The number of piperazine rings is 1. The van der Waals surface area contributed by atoms with Crippen LogP contribution in [0, 0.1) is 0 Å². The zero-order valence-electron chi connectivity index (χ0n) is 14.2. The molecule has 0 aromatic heterocycles. The molecule has 3 N–H and O–H groups in total. The maximum absolute atomic E-state index is 11.8. The smallest absolute Gasteiger partial charge is 0.323 e. The summed E-state index contributed by atoms with van der Waals surface area (Å²) in [6, 6.07) is 6.01. The number of ether oxygens (including phenoxy) is 2. The van der Waals surface area contributed by atoms with Gasteiger partial charge in [0.25, 0.3) is 0 Å². The van der Waals surface area contributed by atoms with Gasteiger partial charge in [0.2, 0.25) is 0 Å². The van der Waals surface area contributed by atoms with Crippen molar-refractivity contribution in [3.8, 4) is 11.5 Å². The van der Waals surface area contributed by atoms with Crippen molar-refractivity contribution < 1.29 is 19.1 Å². The lowest BCUT2D eigenvalue weighted by Crippen LogP contribution is -2.53. The standard InChI is InChI=1S/C16H24N4O4/c1-11(12-4-5-13(23-2)14(10-12)24-3)19-6-8-20(9-7-19)16(22)15(21)18-17/h4-5,10-11H,6-9,17H2,1-3H3,(H,18,21). The maximum atomic E-state index is 11.8. The number of nitrogens with two attached hydrogens (primary N) is 1. The molecule has 0 spiro atoms. The van der Waals surface area contributed by atoms with Crippen LogP contribution in [0.1, 0.15) is 18.5 Å². The van der Waals surface area contributed by atoms with Gasteiger partial charge in [-0.25, -0.2) is 5.84 Å². The molecule has 0 saturated carbocycles. The van der Waals surface area contributed by atoms with E-state index >= 15 is 0 Å². The van der Waals surface area contributed by atoms with Gasteiger partial charge >= 0.3 is 11.8 Å². The average molecular weight is 336 g/mol. The summed E-state index contributed by atoms with van der Waals surface area (Å²) in [5.74, 6) is 5.02. The van der Waals surface area contributed by atoms with Gasteiger partial charge in [0.1, 0.15) is 0 Å². The SMILES string of the molecule is COc1ccc(C(C)N2CCN(C(=O)C(=O)NN)CC2)cc1OC. The Labute approximate surface area is 141 Å². The van der Waals surface area contributed by atoms with Gasteiger partial charge in [-0.3, -0.25) is 19.9 Å². The first kappa shape index (κ1) is 18.0. The first-order chi connectivity index (χ1) is 11.5. The summed E-state index contributed by atoms with van der Waals surface area (Å²) in [6.45, 7) is 4.44. The highest BCUT2D eigenvalue weighted by Gasteiger charge is 2.28. The van der Waals surface area contributed by atoms with Gasteiger partial charge in [0, 0.05) is 32.2 Å². The number of benzene rings is 1. The van der Waals surface area contributed by atoms with Crippen molar-refractivity contribution in [2.24, 2.45) is 5.84 Å². The number of carbonyl (C=O) groups is 2. The van der Waals surface area contributed by atoms with Crippen LogP contribution in [0.3, 0.4) is 0 Å². The van der Waals surface area contributed by atoms with Gasteiger partial charge in [-0.05, 0) is 24.6 Å². The van der Waals surface area contributed by atoms with Gasteiger partial charge in [-0.2, -0.15) is 0 Å². The van der Waals surface area contributed by atoms with Crippen LogP contribution in [0.15, 0.2) is 18.2 Å². The second-order valence-electron chi connectivity index (χ2n) is 5.59. The molecule has 0 radical (unpaired) electrons. The van der Waals surface area contributed by atoms with Crippen LogP contribution in [0.2, 0.25) is 0 Å². The summed E-state index contributed by atoms with van der Waals surface area (Å²) in [7, 11) is 3.22. The van der Waals surface area contributed by atoms with Gasteiger partial charge in [-0.1, -0.05) is 6.07 Å². The number of hydrogen-bond donors (Lipinski definition) is 2. The second kappa shape index (κ2) is 7.98. The monoisotopic (exact) mass is 336 g/mol. The Bertz CT molecular complexity index is 600. The predicted molar refractivity (Wildman–Crippen MR) is 88.4 cm³/mol. The quantitative estimate of drug-likeness (QED) is 0.345. The van der Waals surface area contributed by atoms with Gasteiger partial charge in [0.05, 0.1) is 14.2 Å². The summed E-state index contributed by atoms with van der Waals surface area (Å²) in [4.78, 5) is 26.9. The Morgan fingerprint density at radius 2 is 1.75 bits per heavy atom. The molecule has 1 unspecified atom stereocenters. The van der Waals surface area contributed by atoms with Crippen LogP contribution in [-0.2, 0) is 9.59 Å². The van der Waals surface area contributed by atoms with Crippen LogP contribution in [-0.4, -0.2) is 62.0 Å². The highest BCUT2D eigenvalue weighted by atomic mass is 16.5. The Kier molecular flexibility index (Phi) is 5.99. The van der Waals surface area contributed by atoms with Crippen molar-refractivity contribution in [2.45, 2.75) is 13.0 Å². The third-order valence-corrected chi connectivity index (χ3v) is 4.36. The molecular weight excluding hydrogens is 312 g/mol. The highest BCUT2D eigenvalue weighted by Crippen LogP contribution is 2.32. The normalized spacial score (nSPS) is 16.4. The van der Waals surface area contributed by atoms with Gasteiger partial charge in [0.15, 0.2) is 11.5 Å². The van der Waals surface area contributed by atoms with Gasteiger partial charge in [-0.15, -0.1) is 0 Å². The number of amides is 2. The third kappa shape index (κ3) is 3.77. The minimum atomic E-state index is -0.781. The molecule has 0 bridgehead atoms. The van der Waals surface area contributed by atoms with E-state index in [0.717, 1.165) is 5.56 Å². The number of carbonyl (C=O) groups excluding carboxylic acids is 2. The molecule has 1 heterocycles. The summed E-state index contributed by atoms with van der Waals surface area (Å²) < 4.78 is 10.6. The Morgan fingerprint density at radius 3 is 2.29 bits per heavy atom. The van der Waals surface area contributed by atoms with E-state index in [-0.39, 0.29) is 6.04 Å². The topological polar surface area (TPSA) is 97.1 Å². The van der Waals surface area contributed by atoms with Crippen LogP contribution in [0.5, 0.6) is 11.5 Å². The molecule has 2 rings (SSSR count). The van der Waals surface area contributed by atoms with Crippen molar-refractivity contribution in [1.82, 2.24) is 15.2 Å². The Morgan fingerprint density at radius 1 is 1.12 bits per heavy atom. The molecule has 1 aromatic rings. The van der Waals surface area contributed by atoms with E-state index in [1.54, 1.807) is 14.2 Å². The number of methoxy groups -OCH3 is 2. The molecule has 1 aliphatic rings. The van der Waals surface area contributed by atoms with E-state index in [1.165, 1.54) is 4.90 Å². The highest BCUT2D eigenvalue weighted by molar-refractivity contribution is 6.34. The molecule has 1 aromatic carbocycles. The number of rotatable bonds is 4. The number of nitrogens with one attached hydrogen (secondary N) is 1. The molecular formula is C16H24N4O4. The molecule has 1 aliphatic heterocycles. The lowest BCUT2D eigenvalue weighted by molar-refractivity contribution is -0.147. The lowest BCUT2D eigenvalue weighted by atomic mass is 10.1. The number of hydrogen-bond acceptors (Lipinski definition) is 6. The van der Waals surface area contributed by atoms with E-state index in [2.05, 4.69) is 11.8 Å². The molecule has 24 heavy (non-hydrogen) atoms. The first-order valence-electron chi connectivity index (χ1n) is 7.77. The zero-order valence-corrected chi connectivity index (χ0v) is 14.2. The van der Waals surface area contributed by atoms with E-state index in [1.807, 2.05) is 23.6 Å². The summed E-state index contributed by atoms with van der Waals surface area (Å²) in [5, 5.41) is 0. The van der Waals surface area contributed by atoms with Crippen molar-refractivity contribution in [3.05, 3.63) is 23.8 Å². The fraction of sp³-hybridized carbons (Fsp3) is 0.500. The Balaban J connectivity index is 2.01. The zero-order chi connectivity index (χ0) is 17.7. The molecule has 1 fully saturated rings. The lowest BCUT2D eigenvalue weighted by Gasteiger charge is -2.38. The van der Waals surface area contributed by atoms with Crippen LogP contribution in [0.25, 0.3) is 0 Å². The minimum absolute atomic E-state index is 0.158. The number of nitrogens with zero attached hydrogens (tertiary/aromatic N) is 2. The summed E-state index contributed by atoms with van der Waals surface area (Å²) in [6.07, 6.45) is 0. The maximum Gasteiger partial charge on any atom is 0.323 e. The fourth-order valence-electron chi connectivity index (χ4n) is 2.84. The van der Waals surface area contributed by atoms with Crippen molar-refractivity contribution >= 4 is 11.8 Å². The predicted octanol–water partition coefficient (Wildman–Crippen LogP) is -0.101. The first-order valence-corrected chi connectivity index (χ1v) is 7.77. The molecule has 8 heteroatoms. The van der Waals surface area contributed by atoms with Crippen LogP contribution in [0.4, 0.5) is 0 Å². The average Bonchev–Trinajstić information content (AvgIpc) is 2.65. The molecule has 2 amide bonds. The minimum Gasteiger partial charge on any atom is -0.493 e. The number of hydrazine groups is 1. The van der Waals surface area contributed by atoms with Crippen molar-refractivity contribution in [2.75, 3.05) is 40.4 Å². The molecule has 1 atom stereocenters.